The van der Waals surface area contributed by atoms with Gasteiger partial charge in [0.05, 0.1) is 0 Å². The fraction of sp³-hybridized carbons (Fsp3) is 0.471. The average molecular weight is 257 g/mol. The van der Waals surface area contributed by atoms with Crippen molar-refractivity contribution in [3.05, 3.63) is 42.0 Å². The third-order valence-electron chi connectivity index (χ3n) is 3.68. The van der Waals surface area contributed by atoms with Gasteiger partial charge in [0.25, 0.3) is 0 Å². The molecule has 0 spiro atoms. The number of nitrogens with one attached hydrogen (secondary N) is 1. The van der Waals surface area contributed by atoms with Crippen molar-refractivity contribution < 1.29 is 4.79 Å². The van der Waals surface area contributed by atoms with Crippen LogP contribution in [0.15, 0.2) is 36.4 Å². The van der Waals surface area contributed by atoms with Crippen LogP contribution in [0.2, 0.25) is 0 Å². The van der Waals surface area contributed by atoms with Crippen molar-refractivity contribution in [2.75, 3.05) is 0 Å². The summed E-state index contributed by atoms with van der Waals surface area (Å²) in [6, 6.07) is 10.3. The zero-order valence-electron chi connectivity index (χ0n) is 11.5. The van der Waals surface area contributed by atoms with E-state index in [0.29, 0.717) is 6.04 Å². The SMILES string of the molecule is O=C(/C=C/c1ccccc1)NC1CCCCCCC1. The molecule has 0 bridgehead atoms. The molecular formula is C17H23NO. The Kier molecular flexibility index (Phi) is 5.67. The second-order valence-corrected chi connectivity index (χ2v) is 5.29. The van der Waals surface area contributed by atoms with Gasteiger partial charge in [-0.05, 0) is 24.5 Å². The summed E-state index contributed by atoms with van der Waals surface area (Å²) in [6.07, 6.45) is 12.2. The lowest BCUT2D eigenvalue weighted by molar-refractivity contribution is -0.117. The molecule has 1 saturated carbocycles. The van der Waals surface area contributed by atoms with Crippen LogP contribution in [0.25, 0.3) is 6.08 Å². The van der Waals surface area contributed by atoms with E-state index in [1.807, 2.05) is 36.4 Å². The number of carbonyl (C=O) groups excluding carboxylic acids is 1. The van der Waals surface area contributed by atoms with Crippen molar-refractivity contribution in [1.82, 2.24) is 5.32 Å². The molecule has 19 heavy (non-hydrogen) atoms. The molecule has 1 aliphatic rings. The molecule has 2 rings (SSSR count). The molecule has 0 atom stereocenters. The highest BCUT2D eigenvalue weighted by Gasteiger charge is 2.12. The van der Waals surface area contributed by atoms with E-state index < -0.39 is 0 Å². The molecule has 1 fully saturated rings. The van der Waals surface area contributed by atoms with Gasteiger partial charge in [-0.3, -0.25) is 4.79 Å². The maximum absolute atomic E-state index is 11.9. The second kappa shape index (κ2) is 7.78. The van der Waals surface area contributed by atoms with Crippen molar-refractivity contribution in [2.24, 2.45) is 0 Å². The molecule has 1 amide bonds. The predicted octanol–water partition coefficient (Wildman–Crippen LogP) is 3.93. The summed E-state index contributed by atoms with van der Waals surface area (Å²) < 4.78 is 0. The van der Waals surface area contributed by atoms with Gasteiger partial charge in [-0.1, -0.05) is 62.4 Å². The third kappa shape index (κ3) is 5.29. The van der Waals surface area contributed by atoms with Crippen molar-refractivity contribution in [1.29, 1.82) is 0 Å². The topological polar surface area (TPSA) is 29.1 Å². The van der Waals surface area contributed by atoms with Gasteiger partial charge in [0.1, 0.15) is 0 Å². The summed E-state index contributed by atoms with van der Waals surface area (Å²) in [4.78, 5) is 11.9. The first-order chi connectivity index (χ1) is 9.34. The summed E-state index contributed by atoms with van der Waals surface area (Å²) in [6.45, 7) is 0. The molecule has 102 valence electrons. The van der Waals surface area contributed by atoms with E-state index in [-0.39, 0.29) is 5.91 Å². The zero-order valence-corrected chi connectivity index (χ0v) is 11.5. The highest BCUT2D eigenvalue weighted by atomic mass is 16.1. The number of rotatable bonds is 3. The lowest BCUT2D eigenvalue weighted by atomic mass is 9.97. The molecular weight excluding hydrogens is 234 g/mol. The third-order valence-corrected chi connectivity index (χ3v) is 3.68. The second-order valence-electron chi connectivity index (χ2n) is 5.29. The highest BCUT2D eigenvalue weighted by molar-refractivity contribution is 5.91. The fourth-order valence-corrected chi connectivity index (χ4v) is 2.59. The Balaban J connectivity index is 1.81. The maximum atomic E-state index is 11.9. The Labute approximate surface area is 115 Å². The lowest BCUT2D eigenvalue weighted by Gasteiger charge is -2.20. The van der Waals surface area contributed by atoms with Crippen LogP contribution in [0.4, 0.5) is 0 Å². The molecule has 0 radical (unpaired) electrons. The summed E-state index contributed by atoms with van der Waals surface area (Å²) >= 11 is 0. The first-order valence-corrected chi connectivity index (χ1v) is 7.38. The number of hydrogen-bond acceptors (Lipinski definition) is 1. The molecule has 0 unspecified atom stereocenters. The van der Waals surface area contributed by atoms with Crippen LogP contribution in [0.5, 0.6) is 0 Å². The van der Waals surface area contributed by atoms with Crippen LogP contribution in [0.1, 0.15) is 50.5 Å². The average Bonchev–Trinajstić information content (AvgIpc) is 2.41. The summed E-state index contributed by atoms with van der Waals surface area (Å²) in [7, 11) is 0. The molecule has 0 aliphatic heterocycles. The predicted molar refractivity (Wildman–Crippen MR) is 79.7 cm³/mol. The first-order valence-electron chi connectivity index (χ1n) is 7.38. The molecule has 1 N–H and O–H groups in total. The standard InChI is InChI=1S/C17H23NO/c19-17(14-13-15-9-5-4-6-10-15)18-16-11-7-2-1-3-8-12-16/h4-6,9-10,13-14,16H,1-3,7-8,11-12H2,(H,18,19)/b14-13+. The Morgan fingerprint density at radius 3 is 2.32 bits per heavy atom. The number of benzene rings is 1. The van der Waals surface area contributed by atoms with E-state index >= 15 is 0 Å². The monoisotopic (exact) mass is 257 g/mol. The Morgan fingerprint density at radius 1 is 1.00 bits per heavy atom. The van der Waals surface area contributed by atoms with Gasteiger partial charge in [-0.25, -0.2) is 0 Å². The van der Waals surface area contributed by atoms with Crippen molar-refractivity contribution in [3.8, 4) is 0 Å². The fourth-order valence-electron chi connectivity index (χ4n) is 2.59. The van der Waals surface area contributed by atoms with E-state index in [1.54, 1.807) is 6.08 Å². The minimum Gasteiger partial charge on any atom is -0.350 e. The van der Waals surface area contributed by atoms with E-state index in [2.05, 4.69) is 5.32 Å². The van der Waals surface area contributed by atoms with Crippen LogP contribution in [-0.4, -0.2) is 11.9 Å². The molecule has 0 aromatic heterocycles. The Morgan fingerprint density at radius 2 is 1.63 bits per heavy atom. The van der Waals surface area contributed by atoms with E-state index in [9.17, 15) is 4.79 Å². The number of amides is 1. The summed E-state index contributed by atoms with van der Waals surface area (Å²) in [5, 5.41) is 3.13. The summed E-state index contributed by atoms with van der Waals surface area (Å²) in [5.74, 6) is 0.0365. The molecule has 2 nitrogen and oxygen atoms in total. The quantitative estimate of drug-likeness (QED) is 0.817. The number of carbonyl (C=O) groups is 1. The van der Waals surface area contributed by atoms with Crippen molar-refractivity contribution in [3.63, 3.8) is 0 Å². The minimum atomic E-state index is 0.0365. The van der Waals surface area contributed by atoms with Gasteiger partial charge in [0, 0.05) is 12.1 Å². The van der Waals surface area contributed by atoms with Gasteiger partial charge in [-0.2, -0.15) is 0 Å². The molecule has 0 saturated heterocycles. The van der Waals surface area contributed by atoms with Crippen LogP contribution in [-0.2, 0) is 4.79 Å². The van der Waals surface area contributed by atoms with E-state index in [0.717, 1.165) is 18.4 Å². The van der Waals surface area contributed by atoms with Crippen LogP contribution >= 0.6 is 0 Å². The molecule has 0 heterocycles. The van der Waals surface area contributed by atoms with Gasteiger partial charge in [0.15, 0.2) is 0 Å². The highest BCUT2D eigenvalue weighted by Crippen LogP contribution is 2.17. The normalized spacial score (nSPS) is 17.9. The first kappa shape index (κ1) is 13.9. The lowest BCUT2D eigenvalue weighted by Crippen LogP contribution is -2.34. The van der Waals surface area contributed by atoms with Crippen molar-refractivity contribution in [2.45, 2.75) is 51.0 Å². The molecule has 2 heteroatoms. The minimum absolute atomic E-state index is 0.0365. The number of hydrogen-bond donors (Lipinski definition) is 1. The maximum Gasteiger partial charge on any atom is 0.244 e. The van der Waals surface area contributed by atoms with Crippen LogP contribution in [0, 0.1) is 0 Å². The molecule has 1 aromatic carbocycles. The van der Waals surface area contributed by atoms with Gasteiger partial charge >= 0.3 is 0 Å². The Bertz CT molecular complexity index is 403. The zero-order chi connectivity index (χ0) is 13.3. The van der Waals surface area contributed by atoms with Gasteiger partial charge in [-0.15, -0.1) is 0 Å². The van der Waals surface area contributed by atoms with Crippen molar-refractivity contribution >= 4 is 12.0 Å². The van der Waals surface area contributed by atoms with Crippen LogP contribution in [0.3, 0.4) is 0 Å². The smallest absolute Gasteiger partial charge is 0.244 e. The van der Waals surface area contributed by atoms with Gasteiger partial charge in [0.2, 0.25) is 5.91 Å². The van der Waals surface area contributed by atoms with E-state index in [1.165, 1.54) is 32.1 Å². The largest absolute Gasteiger partial charge is 0.350 e. The van der Waals surface area contributed by atoms with Crippen LogP contribution < -0.4 is 5.32 Å². The van der Waals surface area contributed by atoms with E-state index in [4.69, 9.17) is 0 Å². The van der Waals surface area contributed by atoms with Gasteiger partial charge < -0.3 is 5.32 Å². The molecule has 1 aliphatic carbocycles. The Hall–Kier alpha value is -1.57. The molecule has 1 aromatic rings. The summed E-state index contributed by atoms with van der Waals surface area (Å²) in [5.41, 5.74) is 1.07.